The largest absolute Gasteiger partial charge is 0.497 e. The first-order valence-electron chi connectivity index (χ1n) is 10.6. The predicted molar refractivity (Wildman–Crippen MR) is 117 cm³/mol. The molecule has 0 N–H and O–H groups in total. The van der Waals surface area contributed by atoms with E-state index in [1.807, 2.05) is 12.1 Å². The number of methoxy groups -OCH3 is 2. The minimum Gasteiger partial charge on any atom is -0.497 e. The molecule has 182 valence electrons. The van der Waals surface area contributed by atoms with Crippen molar-refractivity contribution in [1.29, 1.82) is 0 Å². The molecular formula is C24H26F2N2O6. The van der Waals surface area contributed by atoms with Crippen LogP contribution in [0, 0.1) is 11.6 Å². The molecule has 2 aromatic rings. The SMILES string of the molecule is COC(=O)CCN1CC(OCc2cccc(OC)c2)CN(C(=O)c2ccc(F)c(F)c2)CC1=O. The van der Waals surface area contributed by atoms with Gasteiger partial charge in [-0.05, 0) is 35.9 Å². The molecule has 2 amide bonds. The van der Waals surface area contributed by atoms with Gasteiger partial charge in [-0.1, -0.05) is 12.1 Å². The number of halogens is 2. The average molecular weight is 476 g/mol. The highest BCUT2D eigenvalue weighted by molar-refractivity contribution is 5.96. The molecule has 0 aromatic heterocycles. The molecule has 1 aliphatic rings. The minimum absolute atomic E-state index is 0.0119. The lowest BCUT2D eigenvalue weighted by Crippen LogP contribution is -2.40. The van der Waals surface area contributed by atoms with E-state index in [-0.39, 0.29) is 44.8 Å². The lowest BCUT2D eigenvalue weighted by molar-refractivity contribution is -0.142. The summed E-state index contributed by atoms with van der Waals surface area (Å²) in [6.45, 7) is 0.174. The summed E-state index contributed by atoms with van der Waals surface area (Å²) < 4.78 is 42.9. The molecule has 1 saturated heterocycles. The summed E-state index contributed by atoms with van der Waals surface area (Å²) >= 11 is 0. The van der Waals surface area contributed by atoms with Crippen LogP contribution in [0.25, 0.3) is 0 Å². The predicted octanol–water partition coefficient (Wildman–Crippen LogP) is 2.41. The standard InChI is InChI=1S/C24H26F2N2O6/c1-32-18-5-3-4-16(10-18)15-34-19-12-27(9-8-23(30)33-2)22(29)14-28(13-19)24(31)17-6-7-20(25)21(26)11-17/h3-7,10-11,19H,8-9,12-15H2,1-2H3. The van der Waals surface area contributed by atoms with Crippen molar-refractivity contribution in [2.75, 3.05) is 40.4 Å². The molecule has 1 unspecified atom stereocenters. The average Bonchev–Trinajstić information content (AvgIpc) is 3.00. The normalized spacial score (nSPS) is 16.2. The Morgan fingerprint density at radius 2 is 1.85 bits per heavy atom. The van der Waals surface area contributed by atoms with Gasteiger partial charge in [0.25, 0.3) is 5.91 Å². The zero-order valence-corrected chi connectivity index (χ0v) is 19.0. The van der Waals surface area contributed by atoms with Gasteiger partial charge in [0.15, 0.2) is 11.6 Å². The van der Waals surface area contributed by atoms with E-state index < -0.39 is 35.5 Å². The first-order chi connectivity index (χ1) is 16.3. The lowest BCUT2D eigenvalue weighted by Gasteiger charge is -2.25. The first kappa shape index (κ1) is 25.1. The maximum atomic E-state index is 13.7. The Bertz CT molecular complexity index is 1050. The monoisotopic (exact) mass is 476 g/mol. The molecule has 34 heavy (non-hydrogen) atoms. The van der Waals surface area contributed by atoms with E-state index in [2.05, 4.69) is 4.74 Å². The highest BCUT2D eigenvalue weighted by atomic mass is 19.2. The van der Waals surface area contributed by atoms with Gasteiger partial charge < -0.3 is 24.0 Å². The fourth-order valence-corrected chi connectivity index (χ4v) is 3.57. The molecule has 1 heterocycles. The number of rotatable bonds is 8. The third-order valence-electron chi connectivity index (χ3n) is 5.41. The molecule has 0 spiro atoms. The fraction of sp³-hybridized carbons (Fsp3) is 0.375. The molecule has 0 saturated carbocycles. The second-order valence-corrected chi connectivity index (χ2v) is 7.76. The summed E-state index contributed by atoms with van der Waals surface area (Å²) in [5.41, 5.74) is 0.746. The molecular weight excluding hydrogens is 450 g/mol. The van der Waals surface area contributed by atoms with Crippen LogP contribution >= 0.6 is 0 Å². The molecule has 8 nitrogen and oxygen atoms in total. The van der Waals surface area contributed by atoms with Crippen molar-refractivity contribution in [2.45, 2.75) is 19.1 Å². The summed E-state index contributed by atoms with van der Waals surface area (Å²) in [6.07, 6.45) is -0.605. The van der Waals surface area contributed by atoms with E-state index in [4.69, 9.17) is 9.47 Å². The van der Waals surface area contributed by atoms with Crippen LogP contribution in [0.1, 0.15) is 22.3 Å². The van der Waals surface area contributed by atoms with Gasteiger partial charge in [-0.15, -0.1) is 0 Å². The third kappa shape index (κ3) is 6.50. The minimum atomic E-state index is -1.16. The maximum Gasteiger partial charge on any atom is 0.307 e. The van der Waals surface area contributed by atoms with Crippen LogP contribution in [0.15, 0.2) is 42.5 Å². The highest BCUT2D eigenvalue weighted by Gasteiger charge is 2.32. The van der Waals surface area contributed by atoms with Crippen molar-refractivity contribution in [2.24, 2.45) is 0 Å². The van der Waals surface area contributed by atoms with Gasteiger partial charge in [-0.3, -0.25) is 14.4 Å². The molecule has 2 aromatic carbocycles. The van der Waals surface area contributed by atoms with Gasteiger partial charge in [-0.25, -0.2) is 8.78 Å². The van der Waals surface area contributed by atoms with E-state index in [0.29, 0.717) is 5.75 Å². The topological polar surface area (TPSA) is 85.4 Å². The van der Waals surface area contributed by atoms with Crippen LogP contribution in [0.3, 0.4) is 0 Å². The number of nitrogens with zero attached hydrogens (tertiary/aromatic N) is 2. The quantitative estimate of drug-likeness (QED) is 0.544. The van der Waals surface area contributed by atoms with Crippen LogP contribution in [0.4, 0.5) is 8.78 Å². The molecule has 3 rings (SSSR count). The number of hydrogen-bond donors (Lipinski definition) is 0. The van der Waals surface area contributed by atoms with E-state index in [1.54, 1.807) is 19.2 Å². The Kier molecular flexibility index (Phi) is 8.53. The van der Waals surface area contributed by atoms with Crippen molar-refractivity contribution in [3.63, 3.8) is 0 Å². The number of carbonyl (C=O) groups is 3. The second kappa shape index (κ2) is 11.6. The Morgan fingerprint density at radius 1 is 1.06 bits per heavy atom. The van der Waals surface area contributed by atoms with E-state index in [1.165, 1.54) is 16.9 Å². The molecule has 1 fully saturated rings. The van der Waals surface area contributed by atoms with Crippen LogP contribution in [-0.4, -0.2) is 74.1 Å². The van der Waals surface area contributed by atoms with Crippen LogP contribution in [0.2, 0.25) is 0 Å². The molecule has 10 heteroatoms. The number of hydrogen-bond acceptors (Lipinski definition) is 6. The van der Waals surface area contributed by atoms with Gasteiger partial charge in [0.05, 0.1) is 33.4 Å². The first-order valence-corrected chi connectivity index (χ1v) is 10.6. The maximum absolute atomic E-state index is 13.7. The number of benzene rings is 2. The number of esters is 1. The smallest absolute Gasteiger partial charge is 0.307 e. The number of ether oxygens (including phenoxy) is 3. The molecule has 0 aliphatic carbocycles. The van der Waals surface area contributed by atoms with Crippen LogP contribution in [0.5, 0.6) is 5.75 Å². The Balaban J connectivity index is 1.78. The Labute approximate surface area is 196 Å². The number of amides is 2. The van der Waals surface area contributed by atoms with Crippen molar-refractivity contribution >= 4 is 17.8 Å². The van der Waals surface area contributed by atoms with Gasteiger partial charge in [0.1, 0.15) is 12.3 Å². The van der Waals surface area contributed by atoms with E-state index >= 15 is 0 Å². The van der Waals surface area contributed by atoms with Crippen molar-refractivity contribution in [3.8, 4) is 5.75 Å². The fourth-order valence-electron chi connectivity index (χ4n) is 3.57. The van der Waals surface area contributed by atoms with Gasteiger partial charge in [0.2, 0.25) is 5.91 Å². The summed E-state index contributed by atoms with van der Waals surface area (Å²) in [7, 11) is 2.81. The van der Waals surface area contributed by atoms with E-state index in [9.17, 15) is 23.2 Å². The summed E-state index contributed by atoms with van der Waals surface area (Å²) in [5.74, 6) is -3.06. The Morgan fingerprint density at radius 3 is 2.56 bits per heavy atom. The van der Waals surface area contributed by atoms with Crippen molar-refractivity contribution < 1.29 is 37.4 Å². The molecule has 0 radical (unpaired) electrons. The summed E-state index contributed by atoms with van der Waals surface area (Å²) in [4.78, 5) is 40.1. The van der Waals surface area contributed by atoms with Crippen LogP contribution in [-0.2, 0) is 25.7 Å². The third-order valence-corrected chi connectivity index (χ3v) is 5.41. The van der Waals surface area contributed by atoms with Crippen LogP contribution < -0.4 is 4.74 Å². The zero-order chi connectivity index (χ0) is 24.7. The highest BCUT2D eigenvalue weighted by Crippen LogP contribution is 2.18. The summed E-state index contributed by atoms with van der Waals surface area (Å²) in [5, 5.41) is 0. The Hall–Kier alpha value is -3.53. The molecule has 1 aliphatic heterocycles. The zero-order valence-electron chi connectivity index (χ0n) is 19.0. The van der Waals surface area contributed by atoms with Crippen molar-refractivity contribution in [3.05, 3.63) is 65.2 Å². The van der Waals surface area contributed by atoms with Gasteiger partial charge in [-0.2, -0.15) is 0 Å². The lowest BCUT2D eigenvalue weighted by atomic mass is 10.1. The number of carbonyl (C=O) groups excluding carboxylic acids is 3. The molecule has 1 atom stereocenters. The molecule has 0 bridgehead atoms. The second-order valence-electron chi connectivity index (χ2n) is 7.76. The summed E-state index contributed by atoms with van der Waals surface area (Å²) in [6, 6.07) is 10.1. The van der Waals surface area contributed by atoms with Gasteiger partial charge >= 0.3 is 5.97 Å². The van der Waals surface area contributed by atoms with Crippen molar-refractivity contribution in [1.82, 2.24) is 9.80 Å². The van der Waals surface area contributed by atoms with E-state index in [0.717, 1.165) is 23.8 Å². The van der Waals surface area contributed by atoms with Gasteiger partial charge in [0, 0.05) is 25.2 Å².